The molecule has 1 aromatic carbocycles. The van der Waals surface area contributed by atoms with Crippen molar-refractivity contribution in [2.24, 2.45) is 0 Å². The zero-order valence-electron chi connectivity index (χ0n) is 13.9. The minimum Gasteiger partial charge on any atom is -0.339 e. The lowest BCUT2D eigenvalue weighted by molar-refractivity contribution is -0.132. The predicted octanol–water partition coefficient (Wildman–Crippen LogP) is 2.11. The highest BCUT2D eigenvalue weighted by Gasteiger charge is 2.34. The lowest BCUT2D eigenvalue weighted by Crippen LogP contribution is -2.40. The largest absolute Gasteiger partial charge is 0.339 e. The molecular formula is C17H26N2O3S. The molecule has 1 fully saturated rings. The molecule has 128 valence electrons. The van der Waals surface area contributed by atoms with E-state index in [2.05, 4.69) is 23.8 Å². The van der Waals surface area contributed by atoms with Crippen LogP contribution in [0.15, 0.2) is 30.3 Å². The maximum atomic E-state index is 12.5. The SMILES string of the molecule is CC[C@@H](c1ccccc1)[C@H]1CCCN1C(=O)CCNS(C)(=O)=O. The Hall–Kier alpha value is -1.40. The summed E-state index contributed by atoms with van der Waals surface area (Å²) in [4.78, 5) is 14.4. The first kappa shape index (κ1) is 17.9. The van der Waals surface area contributed by atoms with Gasteiger partial charge in [0.05, 0.1) is 6.26 Å². The van der Waals surface area contributed by atoms with Crippen LogP contribution in [0.2, 0.25) is 0 Å². The fraction of sp³-hybridized carbons (Fsp3) is 0.588. The molecule has 5 nitrogen and oxygen atoms in total. The Bertz CT molecular complexity index is 616. The van der Waals surface area contributed by atoms with Crippen molar-refractivity contribution in [2.45, 2.75) is 44.6 Å². The van der Waals surface area contributed by atoms with Crippen molar-refractivity contribution in [3.05, 3.63) is 35.9 Å². The predicted molar refractivity (Wildman–Crippen MR) is 91.7 cm³/mol. The number of rotatable bonds is 7. The zero-order valence-corrected chi connectivity index (χ0v) is 14.7. The molecule has 1 saturated heterocycles. The van der Waals surface area contributed by atoms with Gasteiger partial charge in [0.1, 0.15) is 0 Å². The number of hydrogen-bond acceptors (Lipinski definition) is 3. The van der Waals surface area contributed by atoms with E-state index in [1.54, 1.807) is 0 Å². The van der Waals surface area contributed by atoms with Gasteiger partial charge < -0.3 is 4.90 Å². The summed E-state index contributed by atoms with van der Waals surface area (Å²) in [5, 5.41) is 0. The standard InChI is InChI=1S/C17H26N2O3S/c1-3-15(14-8-5-4-6-9-14)16-10-7-13-19(16)17(20)11-12-18-23(2,21)22/h4-6,8-9,15-16,18H,3,7,10-13H2,1-2H3/t15-,16+/m0/s1. The third-order valence-corrected chi connectivity index (χ3v) is 5.18. The number of likely N-dealkylation sites (tertiary alicyclic amines) is 1. The van der Waals surface area contributed by atoms with E-state index in [1.807, 2.05) is 23.1 Å². The minimum absolute atomic E-state index is 0.0398. The summed E-state index contributed by atoms with van der Waals surface area (Å²) in [6, 6.07) is 10.5. The van der Waals surface area contributed by atoms with Crippen molar-refractivity contribution < 1.29 is 13.2 Å². The van der Waals surface area contributed by atoms with Gasteiger partial charge in [-0.1, -0.05) is 37.3 Å². The lowest BCUT2D eigenvalue weighted by atomic mass is 9.87. The van der Waals surface area contributed by atoms with Gasteiger partial charge in [0.2, 0.25) is 15.9 Å². The van der Waals surface area contributed by atoms with E-state index in [0.29, 0.717) is 5.92 Å². The maximum Gasteiger partial charge on any atom is 0.224 e. The van der Waals surface area contributed by atoms with Crippen LogP contribution in [-0.4, -0.2) is 44.6 Å². The van der Waals surface area contributed by atoms with Crippen molar-refractivity contribution in [3.63, 3.8) is 0 Å². The molecule has 0 spiro atoms. The Morgan fingerprint density at radius 3 is 2.65 bits per heavy atom. The van der Waals surface area contributed by atoms with Crippen LogP contribution in [0, 0.1) is 0 Å². The van der Waals surface area contributed by atoms with Crippen LogP contribution < -0.4 is 4.72 Å². The van der Waals surface area contributed by atoms with Crippen LogP contribution >= 0.6 is 0 Å². The number of nitrogens with zero attached hydrogens (tertiary/aromatic N) is 1. The fourth-order valence-electron chi connectivity index (χ4n) is 3.44. The van der Waals surface area contributed by atoms with Crippen molar-refractivity contribution in [1.82, 2.24) is 9.62 Å². The molecule has 2 atom stereocenters. The molecule has 1 amide bonds. The van der Waals surface area contributed by atoms with Crippen molar-refractivity contribution >= 4 is 15.9 Å². The van der Waals surface area contributed by atoms with Crippen LogP contribution in [0.25, 0.3) is 0 Å². The van der Waals surface area contributed by atoms with E-state index in [9.17, 15) is 13.2 Å². The first-order chi connectivity index (χ1) is 10.9. The van der Waals surface area contributed by atoms with Crippen LogP contribution in [0.4, 0.5) is 0 Å². The Balaban J connectivity index is 2.02. The number of carbonyl (C=O) groups excluding carboxylic acids is 1. The van der Waals surface area contributed by atoms with Gasteiger partial charge in [-0.05, 0) is 24.8 Å². The third-order valence-electron chi connectivity index (χ3n) is 4.45. The minimum atomic E-state index is -3.24. The molecule has 2 rings (SSSR count). The van der Waals surface area contributed by atoms with Crippen LogP contribution in [0.3, 0.4) is 0 Å². The molecule has 0 saturated carbocycles. The highest BCUT2D eigenvalue weighted by atomic mass is 32.2. The van der Waals surface area contributed by atoms with E-state index in [1.165, 1.54) is 5.56 Å². The molecule has 1 aromatic rings. The maximum absolute atomic E-state index is 12.5. The van der Waals surface area contributed by atoms with Gasteiger partial charge in [-0.3, -0.25) is 4.79 Å². The quantitative estimate of drug-likeness (QED) is 0.828. The Morgan fingerprint density at radius 2 is 2.04 bits per heavy atom. The summed E-state index contributed by atoms with van der Waals surface area (Å²) in [6.07, 6.45) is 4.34. The number of nitrogens with one attached hydrogen (secondary N) is 1. The topological polar surface area (TPSA) is 66.5 Å². The summed E-state index contributed by atoms with van der Waals surface area (Å²) in [5.41, 5.74) is 1.27. The van der Waals surface area contributed by atoms with Gasteiger partial charge in [-0.15, -0.1) is 0 Å². The van der Waals surface area contributed by atoms with Gasteiger partial charge in [-0.2, -0.15) is 0 Å². The van der Waals surface area contributed by atoms with Gasteiger partial charge in [0, 0.05) is 31.5 Å². The average Bonchev–Trinajstić information content (AvgIpc) is 2.97. The van der Waals surface area contributed by atoms with Gasteiger partial charge in [-0.25, -0.2) is 13.1 Å². The molecule has 0 radical (unpaired) electrons. The molecule has 1 N–H and O–H groups in total. The highest BCUT2D eigenvalue weighted by molar-refractivity contribution is 7.88. The van der Waals surface area contributed by atoms with Crippen molar-refractivity contribution in [3.8, 4) is 0 Å². The smallest absolute Gasteiger partial charge is 0.224 e. The molecule has 1 aliphatic heterocycles. The van der Waals surface area contributed by atoms with Gasteiger partial charge >= 0.3 is 0 Å². The molecule has 6 heteroatoms. The second-order valence-electron chi connectivity index (χ2n) is 6.14. The number of hydrogen-bond donors (Lipinski definition) is 1. The van der Waals surface area contributed by atoms with E-state index >= 15 is 0 Å². The van der Waals surface area contributed by atoms with E-state index < -0.39 is 10.0 Å². The zero-order chi connectivity index (χ0) is 16.9. The Kier molecular flexibility index (Phi) is 6.18. The molecular weight excluding hydrogens is 312 g/mol. The van der Waals surface area contributed by atoms with Crippen LogP contribution in [0.1, 0.15) is 44.1 Å². The van der Waals surface area contributed by atoms with Crippen molar-refractivity contribution in [2.75, 3.05) is 19.3 Å². The number of amides is 1. The summed E-state index contributed by atoms with van der Waals surface area (Å²) in [6.45, 7) is 3.10. The highest BCUT2D eigenvalue weighted by Crippen LogP contribution is 2.33. The molecule has 0 bridgehead atoms. The summed E-state index contributed by atoms with van der Waals surface area (Å²) in [7, 11) is -3.24. The number of sulfonamides is 1. The molecule has 1 aliphatic rings. The first-order valence-electron chi connectivity index (χ1n) is 8.21. The summed E-state index contributed by atoms with van der Waals surface area (Å²) >= 11 is 0. The Labute approximate surface area is 139 Å². The van der Waals surface area contributed by atoms with Crippen LogP contribution in [-0.2, 0) is 14.8 Å². The lowest BCUT2D eigenvalue weighted by Gasteiger charge is -2.31. The van der Waals surface area contributed by atoms with E-state index in [0.717, 1.165) is 32.1 Å². The summed E-state index contributed by atoms with van der Waals surface area (Å²) < 4.78 is 24.6. The molecule has 0 aromatic heterocycles. The van der Waals surface area contributed by atoms with E-state index in [4.69, 9.17) is 0 Å². The first-order valence-corrected chi connectivity index (χ1v) is 10.1. The molecule has 0 unspecified atom stereocenters. The number of benzene rings is 1. The van der Waals surface area contributed by atoms with Crippen LogP contribution in [0.5, 0.6) is 0 Å². The molecule has 23 heavy (non-hydrogen) atoms. The fourth-order valence-corrected chi connectivity index (χ4v) is 3.91. The van der Waals surface area contributed by atoms with Gasteiger partial charge in [0.15, 0.2) is 0 Å². The molecule has 1 heterocycles. The molecule has 0 aliphatic carbocycles. The average molecular weight is 338 g/mol. The normalized spacial score (nSPS) is 19.7. The summed E-state index contributed by atoms with van der Waals surface area (Å²) in [5.74, 6) is 0.378. The second-order valence-corrected chi connectivity index (χ2v) is 7.97. The van der Waals surface area contributed by atoms with Crippen molar-refractivity contribution in [1.29, 1.82) is 0 Å². The monoisotopic (exact) mass is 338 g/mol. The van der Waals surface area contributed by atoms with Gasteiger partial charge in [0.25, 0.3) is 0 Å². The van der Waals surface area contributed by atoms with E-state index in [-0.39, 0.29) is 24.9 Å². The Morgan fingerprint density at radius 1 is 1.35 bits per heavy atom. The second kappa shape index (κ2) is 7.93. The number of carbonyl (C=O) groups is 1. The third kappa shape index (κ3) is 5.04.